The monoisotopic (exact) mass is 377 g/mol. The first-order valence-electron chi connectivity index (χ1n) is 10.4. The maximum atomic E-state index is 4.86. The van der Waals surface area contributed by atoms with Gasteiger partial charge in [-0.05, 0) is 70.5 Å². The Bertz CT molecular complexity index is 1270. The Labute approximate surface area is 173 Å². The number of aryl methyl sites for hydroxylation is 2. The van der Waals surface area contributed by atoms with Crippen molar-refractivity contribution in [1.82, 2.24) is 4.98 Å². The molecular weight excluding hydrogens is 350 g/mol. The summed E-state index contributed by atoms with van der Waals surface area (Å²) in [5.74, 6) is 0. The molecule has 29 heavy (non-hydrogen) atoms. The first-order valence-corrected chi connectivity index (χ1v) is 10.4. The van der Waals surface area contributed by atoms with Gasteiger partial charge in [-0.1, -0.05) is 74.9 Å². The van der Waals surface area contributed by atoms with E-state index in [1.807, 2.05) is 6.20 Å². The van der Waals surface area contributed by atoms with Crippen molar-refractivity contribution in [3.05, 3.63) is 77.5 Å². The van der Waals surface area contributed by atoms with Gasteiger partial charge in [-0.3, -0.25) is 4.98 Å². The average Bonchev–Trinajstić information content (AvgIpc) is 2.75. The lowest BCUT2D eigenvalue weighted by atomic mass is 9.85. The van der Waals surface area contributed by atoms with Gasteiger partial charge in [0.1, 0.15) is 0 Å². The molecule has 0 spiro atoms. The fourth-order valence-corrected chi connectivity index (χ4v) is 4.74. The summed E-state index contributed by atoms with van der Waals surface area (Å²) in [6, 6.07) is 20.6. The maximum absolute atomic E-state index is 4.86. The lowest BCUT2D eigenvalue weighted by Gasteiger charge is -2.20. The smallest absolute Gasteiger partial charge is 0.0792 e. The Balaban J connectivity index is 1.92. The number of nitrogens with zero attached hydrogens (tertiary/aromatic N) is 1. The van der Waals surface area contributed by atoms with E-state index in [0.717, 1.165) is 12.1 Å². The second-order valence-electron chi connectivity index (χ2n) is 9.74. The van der Waals surface area contributed by atoms with Crippen LogP contribution in [0.3, 0.4) is 0 Å². The third kappa shape index (κ3) is 3.06. The first-order chi connectivity index (χ1) is 13.8. The molecular formula is C28H27N. The number of aromatic nitrogens is 1. The van der Waals surface area contributed by atoms with Gasteiger partial charge in [-0.25, -0.2) is 0 Å². The molecule has 0 atom stereocenters. The van der Waals surface area contributed by atoms with E-state index in [1.54, 1.807) is 0 Å². The molecule has 1 heteroatoms. The normalized spacial score (nSPS) is 12.4. The number of hydrogen-bond acceptors (Lipinski definition) is 1. The molecule has 3 aromatic carbocycles. The quantitative estimate of drug-likeness (QED) is 0.291. The number of rotatable bonds is 1. The van der Waals surface area contributed by atoms with Crippen molar-refractivity contribution in [2.24, 2.45) is 5.41 Å². The van der Waals surface area contributed by atoms with Crippen molar-refractivity contribution < 1.29 is 0 Å². The molecule has 1 nitrogen and oxygen atoms in total. The molecule has 0 N–H and O–H groups in total. The Morgan fingerprint density at radius 2 is 1.41 bits per heavy atom. The van der Waals surface area contributed by atoms with Gasteiger partial charge in [-0.15, -0.1) is 0 Å². The fourth-order valence-electron chi connectivity index (χ4n) is 4.74. The summed E-state index contributed by atoms with van der Waals surface area (Å²) in [6.45, 7) is 11.3. The first kappa shape index (κ1) is 18.1. The molecule has 0 bridgehead atoms. The van der Waals surface area contributed by atoms with Crippen LogP contribution in [0.4, 0.5) is 0 Å². The Kier molecular flexibility index (Phi) is 3.93. The predicted octanol–water partition coefficient (Wildman–Crippen LogP) is 7.75. The summed E-state index contributed by atoms with van der Waals surface area (Å²) in [5.41, 5.74) is 11.8. The van der Waals surface area contributed by atoms with Crippen LogP contribution in [0.15, 0.2) is 60.8 Å². The summed E-state index contributed by atoms with van der Waals surface area (Å²) >= 11 is 0. The maximum Gasteiger partial charge on any atom is 0.0792 e. The van der Waals surface area contributed by atoms with E-state index < -0.39 is 0 Å². The molecule has 1 heterocycles. The van der Waals surface area contributed by atoms with E-state index in [0.29, 0.717) is 0 Å². The highest BCUT2D eigenvalue weighted by atomic mass is 14.7. The molecule has 0 saturated carbocycles. The summed E-state index contributed by atoms with van der Waals surface area (Å²) in [6.07, 6.45) is 3.02. The highest BCUT2D eigenvalue weighted by molar-refractivity contribution is 6.12. The molecule has 0 radical (unpaired) electrons. The Hall–Kier alpha value is -2.93. The van der Waals surface area contributed by atoms with Gasteiger partial charge in [0, 0.05) is 17.1 Å². The van der Waals surface area contributed by atoms with Crippen LogP contribution in [0, 0.1) is 19.3 Å². The molecule has 1 aliphatic carbocycles. The van der Waals surface area contributed by atoms with Crippen LogP contribution < -0.4 is 0 Å². The van der Waals surface area contributed by atoms with Crippen LogP contribution in [0.5, 0.6) is 0 Å². The number of pyridine rings is 1. The molecule has 5 rings (SSSR count). The van der Waals surface area contributed by atoms with Crippen molar-refractivity contribution in [1.29, 1.82) is 0 Å². The van der Waals surface area contributed by atoms with E-state index in [4.69, 9.17) is 4.98 Å². The molecule has 0 aliphatic heterocycles. The second kappa shape index (κ2) is 6.29. The van der Waals surface area contributed by atoms with Crippen molar-refractivity contribution in [2.45, 2.75) is 41.0 Å². The zero-order valence-electron chi connectivity index (χ0n) is 17.9. The topological polar surface area (TPSA) is 12.9 Å². The number of hydrogen-bond donors (Lipinski definition) is 0. The highest BCUT2D eigenvalue weighted by Gasteiger charge is 2.23. The third-order valence-electron chi connectivity index (χ3n) is 5.84. The Morgan fingerprint density at radius 3 is 2.21 bits per heavy atom. The van der Waals surface area contributed by atoms with Gasteiger partial charge >= 0.3 is 0 Å². The van der Waals surface area contributed by atoms with Crippen LogP contribution in [-0.4, -0.2) is 4.98 Å². The number of fused-ring (bicyclic) bond motifs is 5. The minimum Gasteiger partial charge on any atom is -0.256 e. The molecule has 0 fully saturated rings. The van der Waals surface area contributed by atoms with Crippen LogP contribution in [0.2, 0.25) is 0 Å². The number of benzene rings is 3. The zero-order valence-corrected chi connectivity index (χ0v) is 17.9. The van der Waals surface area contributed by atoms with Gasteiger partial charge < -0.3 is 0 Å². The van der Waals surface area contributed by atoms with Crippen LogP contribution in [0.25, 0.3) is 44.3 Å². The van der Waals surface area contributed by atoms with E-state index >= 15 is 0 Å². The standard InChI is InChI=1S/C28H27N/c1-17-6-8-22-23(13-17)24-15-19(16-28(3,4)5)7-9-21(24)25-14-18(2)12-20-10-11-29-27(22)26(20)25/h6-15H,16H2,1-5H3. The zero-order chi connectivity index (χ0) is 20.3. The van der Waals surface area contributed by atoms with Gasteiger partial charge in [0.05, 0.1) is 5.69 Å². The molecule has 0 unspecified atom stereocenters. The molecule has 0 amide bonds. The SMILES string of the molecule is Cc1ccc2c(c1)-c1cc(CC(C)(C)C)ccc1-c1cc(C)cc3ccnc-2c13. The molecule has 4 aromatic rings. The van der Waals surface area contributed by atoms with Crippen LogP contribution in [0.1, 0.15) is 37.5 Å². The van der Waals surface area contributed by atoms with Crippen molar-refractivity contribution in [3.63, 3.8) is 0 Å². The molecule has 1 aliphatic rings. The van der Waals surface area contributed by atoms with E-state index in [1.165, 1.54) is 55.3 Å². The van der Waals surface area contributed by atoms with Crippen molar-refractivity contribution >= 4 is 10.8 Å². The molecule has 1 aromatic heterocycles. The third-order valence-corrected chi connectivity index (χ3v) is 5.84. The van der Waals surface area contributed by atoms with Crippen molar-refractivity contribution in [2.75, 3.05) is 0 Å². The summed E-state index contributed by atoms with van der Waals surface area (Å²) in [5, 5.41) is 2.54. The fraction of sp³-hybridized carbons (Fsp3) is 0.250. The lowest BCUT2D eigenvalue weighted by Crippen LogP contribution is -2.09. The predicted molar refractivity (Wildman–Crippen MR) is 124 cm³/mol. The average molecular weight is 378 g/mol. The summed E-state index contributed by atoms with van der Waals surface area (Å²) in [4.78, 5) is 4.86. The van der Waals surface area contributed by atoms with E-state index in [-0.39, 0.29) is 5.41 Å². The minimum absolute atomic E-state index is 0.259. The molecule has 0 saturated heterocycles. The van der Waals surface area contributed by atoms with Crippen LogP contribution in [-0.2, 0) is 6.42 Å². The lowest BCUT2D eigenvalue weighted by molar-refractivity contribution is 0.411. The van der Waals surface area contributed by atoms with Gasteiger partial charge in [0.25, 0.3) is 0 Å². The Morgan fingerprint density at radius 1 is 0.690 bits per heavy atom. The van der Waals surface area contributed by atoms with Gasteiger partial charge in [0.2, 0.25) is 0 Å². The van der Waals surface area contributed by atoms with Gasteiger partial charge in [-0.2, -0.15) is 0 Å². The van der Waals surface area contributed by atoms with Crippen molar-refractivity contribution in [3.8, 4) is 33.5 Å². The summed E-state index contributed by atoms with van der Waals surface area (Å²) < 4.78 is 0. The van der Waals surface area contributed by atoms with Crippen LogP contribution >= 0.6 is 0 Å². The summed E-state index contributed by atoms with van der Waals surface area (Å²) in [7, 11) is 0. The minimum atomic E-state index is 0.259. The van der Waals surface area contributed by atoms with Gasteiger partial charge in [0.15, 0.2) is 0 Å². The van der Waals surface area contributed by atoms with E-state index in [9.17, 15) is 0 Å². The second-order valence-corrected chi connectivity index (χ2v) is 9.74. The highest BCUT2D eigenvalue weighted by Crippen LogP contribution is 2.47. The molecule has 144 valence electrons. The largest absolute Gasteiger partial charge is 0.256 e. The van der Waals surface area contributed by atoms with E-state index in [2.05, 4.69) is 89.2 Å².